The highest BCUT2D eigenvalue weighted by Crippen LogP contribution is 2.34. The van der Waals surface area contributed by atoms with Crippen LogP contribution >= 0.6 is 0 Å². The summed E-state index contributed by atoms with van der Waals surface area (Å²) >= 11 is 0. The Labute approximate surface area is 177 Å². The zero-order valence-electron chi connectivity index (χ0n) is 15.7. The van der Waals surface area contributed by atoms with Crippen LogP contribution in [-0.4, -0.2) is 25.9 Å². The molecule has 0 bridgehead atoms. The lowest BCUT2D eigenvalue weighted by Gasteiger charge is -2.07. The second-order valence-corrected chi connectivity index (χ2v) is 9.50. The van der Waals surface area contributed by atoms with Gasteiger partial charge in [0.1, 0.15) is 4.90 Å². The summed E-state index contributed by atoms with van der Waals surface area (Å²) in [5, 5.41) is 10.1. The minimum Gasteiger partial charge on any atom is -0.398 e. The summed E-state index contributed by atoms with van der Waals surface area (Å²) < 4.78 is 64.8. The van der Waals surface area contributed by atoms with E-state index in [0.29, 0.717) is 38.6 Å². The molecular weight excluding hydrogens is 442 g/mol. The Bertz CT molecular complexity index is 1600. The predicted molar refractivity (Wildman–Crippen MR) is 116 cm³/mol. The molecule has 0 fully saturated rings. The number of hydrogen-bond acceptors (Lipinski definition) is 7. The second-order valence-electron chi connectivity index (χ2n) is 6.69. The maximum atomic E-state index is 11.6. The van der Waals surface area contributed by atoms with Crippen molar-refractivity contribution in [2.75, 3.05) is 5.73 Å². The summed E-state index contributed by atoms with van der Waals surface area (Å²) in [6.07, 6.45) is 0. The SMILES string of the molecule is Nc1ccc(N=Nc2ccc3cccc(S(=O)(=O)O)c3c2)c2ccc(S(=O)(=O)O)cc12. The molecule has 11 heteroatoms. The molecule has 0 amide bonds. The molecule has 4 aromatic rings. The summed E-state index contributed by atoms with van der Waals surface area (Å²) in [4.78, 5) is -0.536. The van der Waals surface area contributed by atoms with Crippen LogP contribution in [0.25, 0.3) is 21.5 Å². The van der Waals surface area contributed by atoms with Gasteiger partial charge in [-0.05, 0) is 47.9 Å². The van der Waals surface area contributed by atoms with Gasteiger partial charge in [-0.15, -0.1) is 5.11 Å². The van der Waals surface area contributed by atoms with Gasteiger partial charge in [-0.25, -0.2) is 0 Å². The lowest BCUT2D eigenvalue weighted by atomic mass is 10.1. The summed E-state index contributed by atoms with van der Waals surface area (Å²) in [5.74, 6) is 0. The molecule has 0 spiro atoms. The van der Waals surface area contributed by atoms with Crippen LogP contribution in [0.15, 0.2) is 86.7 Å². The number of nitrogen functional groups attached to an aromatic ring is 1. The first kappa shape index (κ1) is 20.9. The average molecular weight is 457 g/mol. The van der Waals surface area contributed by atoms with E-state index in [9.17, 15) is 25.9 Å². The van der Waals surface area contributed by atoms with E-state index in [0.717, 1.165) is 0 Å². The third-order valence-electron chi connectivity index (χ3n) is 4.67. The van der Waals surface area contributed by atoms with Crippen molar-refractivity contribution < 1.29 is 25.9 Å². The van der Waals surface area contributed by atoms with Crippen molar-refractivity contribution in [3.63, 3.8) is 0 Å². The quantitative estimate of drug-likeness (QED) is 0.231. The molecule has 0 aliphatic carbocycles. The van der Waals surface area contributed by atoms with Crippen LogP contribution in [-0.2, 0) is 20.2 Å². The monoisotopic (exact) mass is 457 g/mol. The van der Waals surface area contributed by atoms with E-state index in [1.807, 2.05) is 0 Å². The highest BCUT2D eigenvalue weighted by atomic mass is 32.2. The van der Waals surface area contributed by atoms with E-state index >= 15 is 0 Å². The molecule has 0 atom stereocenters. The average Bonchev–Trinajstić information content (AvgIpc) is 2.71. The van der Waals surface area contributed by atoms with Crippen LogP contribution in [0.2, 0.25) is 0 Å². The molecule has 31 heavy (non-hydrogen) atoms. The van der Waals surface area contributed by atoms with Gasteiger partial charge in [-0.2, -0.15) is 21.9 Å². The van der Waals surface area contributed by atoms with Gasteiger partial charge in [0.15, 0.2) is 0 Å². The third kappa shape index (κ3) is 4.11. The van der Waals surface area contributed by atoms with Crippen LogP contribution in [0.1, 0.15) is 0 Å². The molecule has 0 saturated heterocycles. The Morgan fingerprint density at radius 2 is 1.48 bits per heavy atom. The lowest BCUT2D eigenvalue weighted by Crippen LogP contribution is -1.98. The van der Waals surface area contributed by atoms with Crippen LogP contribution in [0.5, 0.6) is 0 Å². The molecule has 4 aromatic carbocycles. The van der Waals surface area contributed by atoms with Gasteiger partial charge in [0.25, 0.3) is 20.2 Å². The Balaban J connectivity index is 1.82. The summed E-state index contributed by atoms with van der Waals surface area (Å²) in [5.41, 5.74) is 6.95. The molecule has 0 radical (unpaired) electrons. The first-order chi connectivity index (χ1) is 14.5. The Morgan fingerprint density at radius 1 is 0.710 bits per heavy atom. The number of azo groups is 1. The number of nitrogens with zero attached hydrogens (tertiary/aromatic N) is 2. The van der Waals surface area contributed by atoms with E-state index in [4.69, 9.17) is 5.73 Å². The Morgan fingerprint density at radius 3 is 2.19 bits per heavy atom. The summed E-state index contributed by atoms with van der Waals surface area (Å²) in [6.45, 7) is 0. The molecule has 4 rings (SSSR count). The standard InChI is InChI=1S/C20H15N3O6S2/c21-18-8-9-19(15-7-6-14(11-17(15)18)30(24,25)26)23-22-13-5-4-12-2-1-3-20(16(12)10-13)31(27,28)29/h1-11H,21H2,(H,24,25,26)(H,27,28,29). The molecule has 0 aliphatic heterocycles. The van der Waals surface area contributed by atoms with E-state index < -0.39 is 20.2 Å². The van der Waals surface area contributed by atoms with Gasteiger partial charge < -0.3 is 5.73 Å². The molecule has 0 unspecified atom stereocenters. The van der Waals surface area contributed by atoms with Crippen molar-refractivity contribution in [1.82, 2.24) is 0 Å². The topological polar surface area (TPSA) is 159 Å². The number of anilines is 1. The Kier molecular flexibility index (Phi) is 4.98. The molecule has 0 aliphatic rings. The van der Waals surface area contributed by atoms with Crippen molar-refractivity contribution >= 4 is 58.8 Å². The van der Waals surface area contributed by atoms with Crippen LogP contribution in [0, 0.1) is 0 Å². The van der Waals surface area contributed by atoms with E-state index in [2.05, 4.69) is 10.2 Å². The molecule has 0 saturated carbocycles. The minimum absolute atomic E-state index is 0.238. The maximum absolute atomic E-state index is 11.6. The van der Waals surface area contributed by atoms with Crippen molar-refractivity contribution in [3.05, 3.63) is 66.7 Å². The fourth-order valence-electron chi connectivity index (χ4n) is 3.21. The van der Waals surface area contributed by atoms with Crippen molar-refractivity contribution in [3.8, 4) is 0 Å². The molecule has 0 heterocycles. The molecular formula is C20H15N3O6S2. The number of fused-ring (bicyclic) bond motifs is 2. The number of nitrogens with two attached hydrogens (primary N) is 1. The highest BCUT2D eigenvalue weighted by molar-refractivity contribution is 7.86. The highest BCUT2D eigenvalue weighted by Gasteiger charge is 2.15. The zero-order valence-corrected chi connectivity index (χ0v) is 17.3. The summed E-state index contributed by atoms with van der Waals surface area (Å²) in [7, 11) is -8.81. The smallest absolute Gasteiger partial charge is 0.295 e. The maximum Gasteiger partial charge on any atom is 0.295 e. The van der Waals surface area contributed by atoms with Gasteiger partial charge >= 0.3 is 0 Å². The van der Waals surface area contributed by atoms with Gasteiger partial charge in [0.05, 0.1) is 16.3 Å². The molecule has 4 N–H and O–H groups in total. The minimum atomic E-state index is -4.42. The van der Waals surface area contributed by atoms with Crippen LogP contribution in [0.3, 0.4) is 0 Å². The van der Waals surface area contributed by atoms with Crippen LogP contribution < -0.4 is 5.73 Å². The van der Waals surface area contributed by atoms with Gasteiger partial charge in [0.2, 0.25) is 0 Å². The number of hydrogen-bond donors (Lipinski definition) is 3. The van der Waals surface area contributed by atoms with E-state index in [-0.39, 0.29) is 9.79 Å². The third-order valence-corrected chi connectivity index (χ3v) is 6.43. The lowest BCUT2D eigenvalue weighted by molar-refractivity contribution is 0.481. The van der Waals surface area contributed by atoms with E-state index in [1.165, 1.54) is 42.5 Å². The van der Waals surface area contributed by atoms with Gasteiger partial charge in [-0.3, -0.25) is 9.11 Å². The van der Waals surface area contributed by atoms with Crippen molar-refractivity contribution in [2.45, 2.75) is 9.79 Å². The summed E-state index contributed by atoms with van der Waals surface area (Å²) in [6, 6.07) is 16.3. The predicted octanol–water partition coefficient (Wildman–Crippen LogP) is 4.48. The number of rotatable bonds is 4. The van der Waals surface area contributed by atoms with Crippen LogP contribution in [0.4, 0.5) is 17.1 Å². The van der Waals surface area contributed by atoms with Crippen molar-refractivity contribution in [2.24, 2.45) is 10.2 Å². The molecule has 158 valence electrons. The fraction of sp³-hybridized carbons (Fsp3) is 0. The first-order valence-corrected chi connectivity index (χ1v) is 11.6. The van der Waals surface area contributed by atoms with E-state index in [1.54, 1.807) is 24.3 Å². The normalized spacial score (nSPS) is 12.7. The Hall–Kier alpha value is -3.38. The second kappa shape index (κ2) is 7.39. The van der Waals surface area contributed by atoms with Gasteiger partial charge in [0, 0.05) is 21.8 Å². The zero-order chi connectivity index (χ0) is 22.4. The molecule has 0 aromatic heterocycles. The number of benzene rings is 4. The largest absolute Gasteiger partial charge is 0.398 e. The fourth-order valence-corrected chi connectivity index (χ4v) is 4.42. The molecule has 9 nitrogen and oxygen atoms in total. The first-order valence-electron chi connectivity index (χ1n) is 8.76. The van der Waals surface area contributed by atoms with Crippen molar-refractivity contribution in [1.29, 1.82) is 0 Å². The van der Waals surface area contributed by atoms with Gasteiger partial charge in [-0.1, -0.05) is 24.3 Å².